The predicted octanol–water partition coefficient (Wildman–Crippen LogP) is 1.88. The van der Waals surface area contributed by atoms with Crippen LogP contribution in [0.5, 0.6) is 0 Å². The van der Waals surface area contributed by atoms with Crippen molar-refractivity contribution in [2.45, 2.75) is 31.7 Å². The molecule has 0 amide bonds. The number of halogens is 1. The van der Waals surface area contributed by atoms with E-state index < -0.39 is 21.9 Å². The Bertz CT molecular complexity index is 582. The first kappa shape index (κ1) is 14.7. The van der Waals surface area contributed by atoms with Gasteiger partial charge in [0.2, 0.25) is 10.0 Å². The van der Waals surface area contributed by atoms with Crippen molar-refractivity contribution >= 4 is 15.7 Å². The van der Waals surface area contributed by atoms with Crippen LogP contribution in [0.2, 0.25) is 0 Å². The molecule has 0 aliphatic heterocycles. The first-order chi connectivity index (χ1) is 8.20. The molecular weight excluding hydrogens is 255 g/mol. The van der Waals surface area contributed by atoms with E-state index in [-0.39, 0.29) is 16.1 Å². The fourth-order valence-corrected chi connectivity index (χ4v) is 3.40. The van der Waals surface area contributed by atoms with Gasteiger partial charge in [-0.3, -0.25) is 0 Å². The molecule has 0 fully saturated rings. The third-order valence-corrected chi connectivity index (χ3v) is 4.51. The summed E-state index contributed by atoms with van der Waals surface area (Å²) in [6, 6.07) is 0.704. The molecule has 0 heterocycles. The van der Waals surface area contributed by atoms with Crippen LogP contribution >= 0.6 is 0 Å². The predicted molar refractivity (Wildman–Crippen MR) is 70.3 cm³/mol. The van der Waals surface area contributed by atoms with Crippen molar-refractivity contribution in [1.82, 2.24) is 4.72 Å². The van der Waals surface area contributed by atoms with E-state index in [4.69, 9.17) is 5.73 Å². The van der Waals surface area contributed by atoms with Crippen LogP contribution in [-0.4, -0.2) is 14.5 Å². The van der Waals surface area contributed by atoms with Crippen molar-refractivity contribution in [3.8, 4) is 0 Å². The Labute approximate surface area is 107 Å². The summed E-state index contributed by atoms with van der Waals surface area (Å²) in [6.45, 7) is 8.17. The molecule has 3 N–H and O–H groups in total. The number of aryl methyl sites for hydroxylation is 1. The lowest BCUT2D eigenvalue weighted by atomic mass is 10.1. The number of nitrogens with two attached hydrogens (primary N) is 1. The number of nitrogen functional groups attached to an aromatic ring is 1. The Morgan fingerprint density at radius 3 is 2.56 bits per heavy atom. The highest BCUT2D eigenvalue weighted by atomic mass is 32.2. The molecular formula is C12H17FN2O2S. The number of hydrogen-bond donors (Lipinski definition) is 2. The van der Waals surface area contributed by atoms with Gasteiger partial charge in [-0.05, 0) is 38.0 Å². The molecule has 6 heteroatoms. The summed E-state index contributed by atoms with van der Waals surface area (Å²) in [7, 11) is -3.74. The SMILES string of the molecule is C=CC(C)NS(=O)(=O)c1c(C)cc(F)c(N)c1C. The highest BCUT2D eigenvalue weighted by Gasteiger charge is 2.23. The molecule has 4 nitrogen and oxygen atoms in total. The maximum atomic E-state index is 13.4. The first-order valence-corrected chi connectivity index (χ1v) is 6.89. The van der Waals surface area contributed by atoms with Gasteiger partial charge in [-0.25, -0.2) is 17.5 Å². The van der Waals surface area contributed by atoms with E-state index >= 15 is 0 Å². The van der Waals surface area contributed by atoms with Crippen molar-refractivity contribution < 1.29 is 12.8 Å². The van der Waals surface area contributed by atoms with Crippen LogP contribution in [-0.2, 0) is 10.0 Å². The highest BCUT2D eigenvalue weighted by molar-refractivity contribution is 7.89. The molecule has 0 bridgehead atoms. The zero-order valence-corrected chi connectivity index (χ0v) is 11.4. The van der Waals surface area contributed by atoms with Gasteiger partial charge in [-0.15, -0.1) is 6.58 Å². The largest absolute Gasteiger partial charge is 0.396 e. The summed E-state index contributed by atoms with van der Waals surface area (Å²) in [5.41, 5.74) is 5.92. The van der Waals surface area contributed by atoms with Gasteiger partial charge in [-0.2, -0.15) is 0 Å². The molecule has 0 saturated carbocycles. The molecule has 0 aliphatic rings. The van der Waals surface area contributed by atoms with Crippen LogP contribution in [0.25, 0.3) is 0 Å². The zero-order valence-electron chi connectivity index (χ0n) is 10.6. The molecule has 0 aromatic heterocycles. The van der Waals surface area contributed by atoms with Gasteiger partial charge in [0.15, 0.2) is 0 Å². The number of anilines is 1. The third kappa shape index (κ3) is 2.70. The first-order valence-electron chi connectivity index (χ1n) is 5.40. The number of benzene rings is 1. The molecule has 0 aliphatic carbocycles. The van der Waals surface area contributed by atoms with Gasteiger partial charge in [0, 0.05) is 6.04 Å². The standard InChI is InChI=1S/C12H17FN2O2S/c1-5-8(3)15-18(16,17)12-7(2)6-10(13)11(14)9(12)4/h5-6,8,15H,1,14H2,2-4H3. The fraction of sp³-hybridized carbons (Fsp3) is 0.333. The van der Waals surface area contributed by atoms with Gasteiger partial charge in [-0.1, -0.05) is 6.08 Å². The minimum absolute atomic E-state index is 0.0232. The Balaban J connectivity index is 3.42. The van der Waals surface area contributed by atoms with Crippen LogP contribution in [0.15, 0.2) is 23.6 Å². The quantitative estimate of drug-likeness (QED) is 0.649. The second-order valence-corrected chi connectivity index (χ2v) is 5.84. The van der Waals surface area contributed by atoms with Gasteiger partial charge >= 0.3 is 0 Å². The van der Waals surface area contributed by atoms with Crippen molar-refractivity contribution in [2.24, 2.45) is 0 Å². The van der Waals surface area contributed by atoms with Crippen LogP contribution in [0.4, 0.5) is 10.1 Å². The van der Waals surface area contributed by atoms with E-state index in [1.165, 1.54) is 19.9 Å². The van der Waals surface area contributed by atoms with Crippen molar-refractivity contribution in [2.75, 3.05) is 5.73 Å². The maximum absolute atomic E-state index is 13.4. The molecule has 1 atom stereocenters. The lowest BCUT2D eigenvalue weighted by Crippen LogP contribution is -2.32. The van der Waals surface area contributed by atoms with Crippen molar-refractivity contribution in [3.05, 3.63) is 35.7 Å². The van der Waals surface area contributed by atoms with Gasteiger partial charge in [0.1, 0.15) is 5.82 Å². The maximum Gasteiger partial charge on any atom is 0.241 e. The summed E-state index contributed by atoms with van der Waals surface area (Å²) in [5, 5.41) is 0. The van der Waals surface area contributed by atoms with E-state index in [0.29, 0.717) is 5.56 Å². The third-order valence-electron chi connectivity index (χ3n) is 2.67. The lowest BCUT2D eigenvalue weighted by Gasteiger charge is -2.16. The topological polar surface area (TPSA) is 72.2 Å². The smallest absolute Gasteiger partial charge is 0.241 e. The van der Waals surface area contributed by atoms with E-state index in [0.717, 1.165) is 6.07 Å². The molecule has 1 rings (SSSR count). The molecule has 100 valence electrons. The molecule has 1 aromatic carbocycles. The zero-order chi connectivity index (χ0) is 14.1. The van der Waals surface area contributed by atoms with E-state index in [2.05, 4.69) is 11.3 Å². The van der Waals surface area contributed by atoms with Crippen LogP contribution in [0, 0.1) is 19.7 Å². The Hall–Kier alpha value is -1.40. The summed E-state index contributed by atoms with van der Waals surface area (Å²) >= 11 is 0. The summed E-state index contributed by atoms with van der Waals surface area (Å²) in [5.74, 6) is -0.610. The van der Waals surface area contributed by atoms with Gasteiger partial charge < -0.3 is 5.73 Å². The normalized spacial score (nSPS) is 13.3. The van der Waals surface area contributed by atoms with Gasteiger partial charge in [0.05, 0.1) is 10.6 Å². The van der Waals surface area contributed by atoms with Crippen LogP contribution in [0.1, 0.15) is 18.1 Å². The monoisotopic (exact) mass is 272 g/mol. The molecule has 0 spiro atoms. The molecule has 1 aromatic rings. The number of rotatable bonds is 4. The summed E-state index contributed by atoms with van der Waals surface area (Å²) in [4.78, 5) is 0.0232. The lowest BCUT2D eigenvalue weighted by molar-refractivity contribution is 0.574. The average molecular weight is 272 g/mol. The van der Waals surface area contributed by atoms with Crippen molar-refractivity contribution in [1.29, 1.82) is 0 Å². The Morgan fingerprint density at radius 1 is 1.50 bits per heavy atom. The van der Waals surface area contributed by atoms with Crippen molar-refractivity contribution in [3.63, 3.8) is 0 Å². The van der Waals surface area contributed by atoms with E-state index in [1.807, 2.05) is 0 Å². The molecule has 18 heavy (non-hydrogen) atoms. The van der Waals surface area contributed by atoms with E-state index in [9.17, 15) is 12.8 Å². The van der Waals surface area contributed by atoms with E-state index in [1.54, 1.807) is 6.92 Å². The number of hydrogen-bond acceptors (Lipinski definition) is 3. The number of sulfonamides is 1. The average Bonchev–Trinajstić information content (AvgIpc) is 2.24. The molecule has 0 saturated heterocycles. The minimum atomic E-state index is -3.74. The fourth-order valence-electron chi connectivity index (χ4n) is 1.70. The summed E-state index contributed by atoms with van der Waals surface area (Å²) < 4.78 is 40.1. The number of nitrogens with one attached hydrogen (secondary N) is 1. The Kier molecular flexibility index (Phi) is 4.13. The molecule has 1 unspecified atom stereocenters. The van der Waals surface area contributed by atoms with Gasteiger partial charge in [0.25, 0.3) is 0 Å². The van der Waals surface area contributed by atoms with Crippen LogP contribution in [0.3, 0.4) is 0 Å². The second-order valence-electron chi connectivity index (χ2n) is 4.19. The summed E-state index contributed by atoms with van der Waals surface area (Å²) in [6.07, 6.45) is 1.47. The second kappa shape index (κ2) is 5.07. The highest BCUT2D eigenvalue weighted by Crippen LogP contribution is 2.27. The minimum Gasteiger partial charge on any atom is -0.396 e. The van der Waals surface area contributed by atoms with Crippen LogP contribution < -0.4 is 10.5 Å². The molecule has 0 radical (unpaired) electrons. The Morgan fingerprint density at radius 2 is 2.06 bits per heavy atom.